The van der Waals surface area contributed by atoms with Gasteiger partial charge in [-0.25, -0.2) is 22.9 Å². The van der Waals surface area contributed by atoms with E-state index in [0.717, 1.165) is 35.4 Å². The van der Waals surface area contributed by atoms with Crippen molar-refractivity contribution in [1.82, 2.24) is 19.3 Å². The van der Waals surface area contributed by atoms with Crippen LogP contribution in [0.3, 0.4) is 0 Å². The Kier molecular flexibility index (Phi) is 9.76. The molecule has 1 N–H and O–H groups in total. The topological polar surface area (TPSA) is 108 Å². The molecule has 0 saturated carbocycles. The van der Waals surface area contributed by atoms with Crippen LogP contribution in [0, 0.1) is 0 Å². The van der Waals surface area contributed by atoms with Crippen molar-refractivity contribution in [2.24, 2.45) is 0 Å². The van der Waals surface area contributed by atoms with Gasteiger partial charge >= 0.3 is 5.69 Å². The lowest BCUT2D eigenvalue weighted by Gasteiger charge is -2.19. The summed E-state index contributed by atoms with van der Waals surface area (Å²) in [7, 11) is -2.27. The van der Waals surface area contributed by atoms with Gasteiger partial charge in [0.1, 0.15) is 17.4 Å². The number of nitrogens with one attached hydrogen (secondary N) is 1. The number of rotatable bonds is 12. The van der Waals surface area contributed by atoms with Crippen LogP contribution in [0.5, 0.6) is 5.75 Å². The molecule has 2 heterocycles. The molecule has 2 aromatic heterocycles. The predicted octanol–water partition coefficient (Wildman–Crippen LogP) is 6.46. The molecule has 0 atom stereocenters. The second-order valence-corrected chi connectivity index (χ2v) is 14.0. The summed E-state index contributed by atoms with van der Waals surface area (Å²) in [6.45, 7) is 9.56. The Labute approximate surface area is 271 Å². The van der Waals surface area contributed by atoms with E-state index in [1.54, 1.807) is 33.5 Å². The number of aromatic nitrogens is 4. The minimum Gasteiger partial charge on any atom is -0.497 e. The highest BCUT2D eigenvalue weighted by Gasteiger charge is 2.17. The zero-order valence-electron chi connectivity index (χ0n) is 27.0. The SMILES string of the molecule is CCn1c(CCCc2ccc(-c3cccc(NS(=O)(=O)c4ccc(OC)cc4)n3)cc2)nn(Cc2ccc(C(C)(C)C)cc2)c1=O. The number of methoxy groups -OCH3 is 1. The van der Waals surface area contributed by atoms with E-state index in [1.807, 2.05) is 25.1 Å². The van der Waals surface area contributed by atoms with E-state index < -0.39 is 10.0 Å². The first-order chi connectivity index (χ1) is 22.0. The van der Waals surface area contributed by atoms with Crippen LogP contribution in [0.4, 0.5) is 5.82 Å². The third kappa shape index (κ3) is 7.74. The van der Waals surface area contributed by atoms with Crippen molar-refractivity contribution < 1.29 is 13.2 Å². The summed E-state index contributed by atoms with van der Waals surface area (Å²) in [5.41, 5.74) is 5.00. The Bertz CT molecular complexity index is 1940. The molecule has 0 radical (unpaired) electrons. The lowest BCUT2D eigenvalue weighted by atomic mass is 9.87. The van der Waals surface area contributed by atoms with Crippen molar-refractivity contribution >= 4 is 15.8 Å². The number of anilines is 1. The van der Waals surface area contributed by atoms with Gasteiger partial charge in [0.25, 0.3) is 10.0 Å². The maximum Gasteiger partial charge on any atom is 0.346 e. The molecular weight excluding hydrogens is 598 g/mol. The number of nitrogens with zero attached hydrogens (tertiary/aromatic N) is 4. The van der Waals surface area contributed by atoms with Crippen molar-refractivity contribution in [2.75, 3.05) is 11.8 Å². The van der Waals surface area contributed by atoms with Crippen LogP contribution in [0.25, 0.3) is 11.3 Å². The van der Waals surface area contributed by atoms with E-state index in [1.165, 1.54) is 24.8 Å². The Morgan fingerprint density at radius 2 is 1.52 bits per heavy atom. The smallest absolute Gasteiger partial charge is 0.346 e. The lowest BCUT2D eigenvalue weighted by molar-refractivity contribution is 0.414. The van der Waals surface area contributed by atoms with Gasteiger partial charge in [-0.2, -0.15) is 5.10 Å². The first-order valence-corrected chi connectivity index (χ1v) is 16.9. The van der Waals surface area contributed by atoms with E-state index in [9.17, 15) is 13.2 Å². The van der Waals surface area contributed by atoms with Crippen molar-refractivity contribution in [1.29, 1.82) is 0 Å². The van der Waals surface area contributed by atoms with Crippen LogP contribution in [0.15, 0.2) is 101 Å². The number of benzene rings is 3. The molecule has 0 aliphatic carbocycles. The number of sulfonamides is 1. The summed E-state index contributed by atoms with van der Waals surface area (Å²) in [6, 6.07) is 27.9. The van der Waals surface area contributed by atoms with Gasteiger partial charge in [0.2, 0.25) is 0 Å². The predicted molar refractivity (Wildman–Crippen MR) is 182 cm³/mol. The molecular formula is C36H41N5O4S. The third-order valence-corrected chi connectivity index (χ3v) is 9.31. The molecule has 0 bridgehead atoms. The molecule has 10 heteroatoms. The van der Waals surface area contributed by atoms with Crippen molar-refractivity contribution in [3.8, 4) is 17.0 Å². The molecule has 0 unspecified atom stereocenters. The van der Waals surface area contributed by atoms with Gasteiger partial charge in [-0.1, -0.05) is 75.4 Å². The molecule has 9 nitrogen and oxygen atoms in total. The molecule has 46 heavy (non-hydrogen) atoms. The Morgan fingerprint density at radius 3 is 2.15 bits per heavy atom. The van der Waals surface area contributed by atoms with Gasteiger partial charge in [-0.15, -0.1) is 0 Å². The first kappa shape index (κ1) is 32.7. The van der Waals surface area contributed by atoms with Crippen molar-refractivity contribution in [3.05, 3.63) is 124 Å². The standard InChI is InChI=1S/C36H41N5O4S/c1-6-40-34(38-41(35(40)42)25-27-15-19-29(20-16-27)36(2,3)4)12-7-9-26-13-17-28(18-14-26)32-10-8-11-33(37-32)39-46(43,44)31-23-21-30(45-5)22-24-31/h8,10-11,13-24H,6-7,9,12,25H2,1-5H3,(H,37,39). The highest BCUT2D eigenvalue weighted by molar-refractivity contribution is 7.92. The summed E-state index contributed by atoms with van der Waals surface area (Å²) in [5, 5.41) is 4.70. The minimum absolute atomic E-state index is 0.0796. The zero-order valence-corrected chi connectivity index (χ0v) is 27.8. The van der Waals surface area contributed by atoms with Crippen LogP contribution in [-0.4, -0.2) is 34.9 Å². The van der Waals surface area contributed by atoms with Crippen LogP contribution >= 0.6 is 0 Å². The molecule has 5 aromatic rings. The summed E-state index contributed by atoms with van der Waals surface area (Å²) in [4.78, 5) is 17.7. The molecule has 0 spiro atoms. The van der Waals surface area contributed by atoms with Gasteiger partial charge in [-0.05, 0) is 78.3 Å². The number of hydrogen-bond donors (Lipinski definition) is 1. The van der Waals surface area contributed by atoms with E-state index in [4.69, 9.17) is 9.84 Å². The van der Waals surface area contributed by atoms with Gasteiger partial charge in [0, 0.05) is 18.5 Å². The van der Waals surface area contributed by atoms with Crippen LogP contribution in [-0.2, 0) is 41.4 Å². The molecule has 0 fully saturated rings. The number of ether oxygens (including phenoxy) is 1. The van der Waals surface area contributed by atoms with Crippen LogP contribution < -0.4 is 15.1 Å². The van der Waals surface area contributed by atoms with E-state index >= 15 is 0 Å². The molecule has 0 amide bonds. The molecule has 0 saturated heterocycles. The fourth-order valence-electron chi connectivity index (χ4n) is 5.27. The average Bonchev–Trinajstić information content (AvgIpc) is 3.34. The molecule has 0 aliphatic heterocycles. The highest BCUT2D eigenvalue weighted by atomic mass is 32.2. The quantitative estimate of drug-likeness (QED) is 0.168. The molecule has 240 valence electrons. The molecule has 5 rings (SSSR count). The Hall–Kier alpha value is -4.70. The van der Waals surface area contributed by atoms with E-state index in [0.29, 0.717) is 31.0 Å². The van der Waals surface area contributed by atoms with Crippen LogP contribution in [0.1, 0.15) is 56.6 Å². The normalized spacial score (nSPS) is 11.8. The fourth-order valence-corrected chi connectivity index (χ4v) is 6.27. The number of pyridine rings is 1. The first-order valence-electron chi connectivity index (χ1n) is 15.5. The van der Waals surface area contributed by atoms with Gasteiger partial charge in [-0.3, -0.25) is 9.29 Å². The van der Waals surface area contributed by atoms with Crippen molar-refractivity contribution in [2.45, 2.75) is 70.4 Å². The summed E-state index contributed by atoms with van der Waals surface area (Å²) in [5.74, 6) is 1.61. The summed E-state index contributed by atoms with van der Waals surface area (Å²) in [6.07, 6.45) is 2.37. The van der Waals surface area contributed by atoms with Crippen molar-refractivity contribution in [3.63, 3.8) is 0 Å². The number of hydrogen-bond acceptors (Lipinski definition) is 6. The van der Waals surface area contributed by atoms with E-state index in [-0.39, 0.29) is 21.8 Å². The maximum atomic E-state index is 13.1. The second kappa shape index (κ2) is 13.7. The largest absolute Gasteiger partial charge is 0.497 e. The summed E-state index contributed by atoms with van der Waals surface area (Å²) >= 11 is 0. The molecule has 0 aliphatic rings. The van der Waals surface area contributed by atoms with Gasteiger partial charge in [0.05, 0.1) is 24.2 Å². The Balaban J connectivity index is 1.20. The van der Waals surface area contributed by atoms with Gasteiger partial charge in [0.15, 0.2) is 0 Å². The highest BCUT2D eigenvalue weighted by Crippen LogP contribution is 2.24. The summed E-state index contributed by atoms with van der Waals surface area (Å²) < 4.78 is 36.7. The van der Waals surface area contributed by atoms with Crippen LogP contribution in [0.2, 0.25) is 0 Å². The van der Waals surface area contributed by atoms with E-state index in [2.05, 4.69) is 66.9 Å². The second-order valence-electron chi connectivity index (χ2n) is 12.3. The number of aryl methyl sites for hydroxylation is 2. The lowest BCUT2D eigenvalue weighted by Crippen LogP contribution is -2.25. The fraction of sp³-hybridized carbons (Fsp3) is 0.306. The third-order valence-electron chi connectivity index (χ3n) is 7.94. The maximum absolute atomic E-state index is 13.1. The average molecular weight is 640 g/mol. The van der Waals surface area contributed by atoms with Gasteiger partial charge < -0.3 is 4.74 Å². The minimum atomic E-state index is -3.80. The Morgan fingerprint density at radius 1 is 0.848 bits per heavy atom. The zero-order chi connectivity index (χ0) is 32.9. The molecule has 3 aromatic carbocycles. The monoisotopic (exact) mass is 639 g/mol.